The zero-order chi connectivity index (χ0) is 18.4. The van der Waals surface area contributed by atoms with Crippen molar-refractivity contribution in [3.8, 4) is 0 Å². The van der Waals surface area contributed by atoms with Crippen molar-refractivity contribution in [2.75, 3.05) is 6.61 Å². The third kappa shape index (κ3) is 5.26. The molecule has 0 spiro atoms. The summed E-state index contributed by atoms with van der Waals surface area (Å²) in [7, 11) is 0. The molecule has 1 amide bonds. The predicted octanol–water partition coefficient (Wildman–Crippen LogP) is -1.63. The van der Waals surface area contributed by atoms with Crippen LogP contribution >= 0.6 is 0 Å². The van der Waals surface area contributed by atoms with Gasteiger partial charge in [0, 0.05) is 8.27 Å². The van der Waals surface area contributed by atoms with Crippen molar-refractivity contribution >= 4 is 11.9 Å². The highest BCUT2D eigenvalue weighted by Gasteiger charge is 2.47. The number of aliphatic carboxylic acids is 1. The number of rotatable bonds is 6. The zero-order valence-electron chi connectivity index (χ0n) is 13.9. The van der Waals surface area contributed by atoms with Gasteiger partial charge in [0.2, 0.25) is 5.91 Å². The van der Waals surface area contributed by atoms with Gasteiger partial charge >= 0.3 is 5.97 Å². The third-order valence-electron chi connectivity index (χ3n) is 3.23. The molecule has 1 aliphatic rings. The first-order valence-corrected chi connectivity index (χ1v) is 6.95. The van der Waals surface area contributed by atoms with Gasteiger partial charge in [-0.25, -0.2) is 4.79 Å². The summed E-state index contributed by atoms with van der Waals surface area (Å²) < 4.78 is 17.4. The van der Waals surface area contributed by atoms with Crippen LogP contribution in [-0.2, 0) is 19.1 Å². The van der Waals surface area contributed by atoms with Crippen molar-refractivity contribution in [2.45, 2.75) is 57.5 Å². The van der Waals surface area contributed by atoms with E-state index in [1.807, 2.05) is 0 Å². The number of carbonyl (C=O) groups excluding carboxylic acids is 1. The Morgan fingerprint density at radius 1 is 1.43 bits per heavy atom. The van der Waals surface area contributed by atoms with E-state index in [0.717, 1.165) is 0 Å². The fourth-order valence-electron chi connectivity index (χ4n) is 2.23. The average Bonchev–Trinajstić information content (AvgIpc) is 2.51. The molecule has 0 saturated carbocycles. The van der Waals surface area contributed by atoms with Gasteiger partial charge in [0.1, 0.15) is 24.4 Å². The topological polar surface area (TPSA) is 146 Å². The Balaban J connectivity index is 3.08. The van der Waals surface area contributed by atoms with Crippen molar-refractivity contribution in [1.82, 2.24) is 5.32 Å². The average molecular weight is 334 g/mol. The molecule has 1 fully saturated rings. The van der Waals surface area contributed by atoms with Gasteiger partial charge in [-0.1, -0.05) is 5.57 Å². The zero-order valence-corrected chi connectivity index (χ0v) is 12.9. The Morgan fingerprint density at radius 2 is 2.09 bits per heavy atom. The maximum Gasteiger partial charge on any atom is 0.336 e. The summed E-state index contributed by atoms with van der Waals surface area (Å²) in [5.41, 5.74) is 0.648. The molecule has 9 heteroatoms. The third-order valence-corrected chi connectivity index (χ3v) is 3.23. The van der Waals surface area contributed by atoms with Gasteiger partial charge in [-0.2, -0.15) is 0 Å². The van der Waals surface area contributed by atoms with E-state index in [2.05, 4.69) is 5.32 Å². The Bertz CT molecular complexity index is 481. The minimum Gasteiger partial charge on any atom is -0.479 e. The Labute approximate surface area is 134 Å². The van der Waals surface area contributed by atoms with Crippen molar-refractivity contribution in [3.05, 3.63) is 11.6 Å². The van der Waals surface area contributed by atoms with Crippen molar-refractivity contribution in [1.29, 1.82) is 0 Å². The van der Waals surface area contributed by atoms with Crippen molar-refractivity contribution in [2.24, 2.45) is 0 Å². The molecule has 1 heterocycles. The maximum absolute atomic E-state index is 11.4. The van der Waals surface area contributed by atoms with Gasteiger partial charge in [-0.15, -0.1) is 0 Å². The number of hydrogen-bond donors (Lipinski definition) is 5. The summed E-state index contributed by atoms with van der Waals surface area (Å²) in [6.45, 7) is 2.04. The molecule has 0 aromatic rings. The molecule has 0 aromatic carbocycles. The number of nitrogens with one attached hydrogen (secondary N) is 1. The van der Waals surface area contributed by atoms with Crippen LogP contribution in [0.2, 0.25) is 0 Å². The molecular weight excluding hydrogens is 310 g/mol. The maximum atomic E-state index is 11.4. The molecule has 0 aromatic heterocycles. The van der Waals surface area contributed by atoms with Crippen LogP contribution in [0.3, 0.4) is 0 Å². The second kappa shape index (κ2) is 8.37. The van der Waals surface area contributed by atoms with Crippen molar-refractivity contribution in [3.63, 3.8) is 0 Å². The number of allylic oxidation sites excluding steroid dienone is 1. The predicted molar refractivity (Wildman–Crippen MR) is 77.3 cm³/mol. The van der Waals surface area contributed by atoms with E-state index in [9.17, 15) is 30.0 Å². The summed E-state index contributed by atoms with van der Waals surface area (Å²) >= 11 is 0. The second-order valence-electron chi connectivity index (χ2n) is 5.44. The summed E-state index contributed by atoms with van der Waals surface area (Å²) in [5, 5.41) is 40.9. The largest absolute Gasteiger partial charge is 0.479 e. The summed E-state index contributed by atoms with van der Waals surface area (Å²) in [5.74, 6) is -2.09. The van der Waals surface area contributed by atoms with Gasteiger partial charge in [0.25, 0.3) is 0 Å². The van der Waals surface area contributed by atoms with Crippen LogP contribution in [0.5, 0.6) is 0 Å². The Hall–Kier alpha value is -1.52. The number of carboxylic acids is 1. The normalized spacial score (nSPS) is 32.6. The monoisotopic (exact) mass is 334 g/mol. The molecule has 9 nitrogen and oxygen atoms in total. The molecule has 1 aliphatic heterocycles. The standard InChI is InChI=1S/C14H23NO8/c1-6(2)4-8(13(19)20)22-12-10(15-7(3)17)14(21)23-9(5-16)11(12)18/h4,8-12,14,16,18,21H,5H2,1-3H3,(H,15,17)(H,19,20)/t8-,9-,10-,11-,12-,14?/m1/s1/i3D. The van der Waals surface area contributed by atoms with Gasteiger partial charge in [-0.3, -0.25) is 4.79 Å². The van der Waals surface area contributed by atoms with E-state index in [1.54, 1.807) is 13.8 Å². The summed E-state index contributed by atoms with van der Waals surface area (Å²) in [6.07, 6.45) is -5.86. The first-order valence-electron chi connectivity index (χ1n) is 7.66. The van der Waals surface area contributed by atoms with Crippen LogP contribution in [0.25, 0.3) is 0 Å². The van der Waals surface area contributed by atoms with E-state index in [-0.39, 0.29) is 0 Å². The van der Waals surface area contributed by atoms with Crippen LogP contribution in [-0.4, -0.2) is 75.7 Å². The second-order valence-corrected chi connectivity index (χ2v) is 5.44. The smallest absolute Gasteiger partial charge is 0.336 e. The molecular formula is C14H23NO8. The highest BCUT2D eigenvalue weighted by Crippen LogP contribution is 2.24. The van der Waals surface area contributed by atoms with E-state index in [4.69, 9.17) is 10.8 Å². The molecule has 132 valence electrons. The lowest BCUT2D eigenvalue weighted by molar-refractivity contribution is -0.265. The molecule has 6 atom stereocenters. The highest BCUT2D eigenvalue weighted by atomic mass is 16.6. The van der Waals surface area contributed by atoms with E-state index in [0.29, 0.717) is 5.57 Å². The number of hydrogen-bond acceptors (Lipinski definition) is 7. The van der Waals surface area contributed by atoms with Crippen LogP contribution in [0.1, 0.15) is 22.1 Å². The quantitative estimate of drug-likeness (QED) is 0.364. The van der Waals surface area contributed by atoms with E-state index in [1.165, 1.54) is 6.08 Å². The van der Waals surface area contributed by atoms with Crippen LogP contribution in [0.15, 0.2) is 11.6 Å². The number of carboxylic acid groups (broad SMARTS) is 1. The summed E-state index contributed by atoms with van der Waals surface area (Å²) in [4.78, 5) is 22.8. The lowest BCUT2D eigenvalue weighted by Crippen LogP contribution is -2.65. The first-order chi connectivity index (χ1) is 11.2. The van der Waals surface area contributed by atoms with Crippen LogP contribution < -0.4 is 5.32 Å². The van der Waals surface area contributed by atoms with E-state index < -0.39 is 62.1 Å². The minimum absolute atomic E-state index is 0.633. The lowest BCUT2D eigenvalue weighted by atomic mass is 9.96. The van der Waals surface area contributed by atoms with Gasteiger partial charge in [0.05, 0.1) is 6.61 Å². The Kier molecular flexibility index (Phi) is 6.48. The number of ether oxygens (including phenoxy) is 2. The number of amides is 1. The molecule has 23 heavy (non-hydrogen) atoms. The highest BCUT2D eigenvalue weighted by molar-refractivity contribution is 5.75. The van der Waals surface area contributed by atoms with Gasteiger partial charge < -0.3 is 35.2 Å². The molecule has 1 unspecified atom stereocenters. The molecule has 1 saturated heterocycles. The van der Waals surface area contributed by atoms with Crippen LogP contribution in [0.4, 0.5) is 0 Å². The molecule has 5 N–H and O–H groups in total. The van der Waals surface area contributed by atoms with E-state index >= 15 is 0 Å². The van der Waals surface area contributed by atoms with Gasteiger partial charge in [0.15, 0.2) is 12.4 Å². The SMILES string of the molecule is [2H]CC(=O)N[C@H]1C(O)O[C@H](CO)[C@@H](O)[C@@H]1O[C@H](C=C(C)C)C(=O)O. The molecule has 0 aliphatic carbocycles. The Morgan fingerprint density at radius 3 is 2.57 bits per heavy atom. The lowest BCUT2D eigenvalue weighted by Gasteiger charge is -2.43. The first kappa shape index (κ1) is 17.8. The summed E-state index contributed by atoms with van der Waals surface area (Å²) in [6, 6.07) is -1.30. The fraction of sp³-hybridized carbons (Fsp3) is 0.714. The van der Waals surface area contributed by atoms with Crippen LogP contribution in [0, 0.1) is 0 Å². The molecule has 0 radical (unpaired) electrons. The molecule has 1 rings (SSSR count). The minimum atomic E-state index is -1.65. The number of aliphatic hydroxyl groups excluding tert-OH is 3. The molecule has 0 bridgehead atoms. The fourth-order valence-corrected chi connectivity index (χ4v) is 2.23. The number of aliphatic hydroxyl groups is 3. The van der Waals surface area contributed by atoms with Gasteiger partial charge in [-0.05, 0) is 19.9 Å². The van der Waals surface area contributed by atoms with Crippen molar-refractivity contribution < 1.29 is 40.9 Å². The number of carbonyl (C=O) groups is 2.